The van der Waals surface area contributed by atoms with Gasteiger partial charge >= 0.3 is 5.97 Å². The highest BCUT2D eigenvalue weighted by atomic mass is 35.5. The lowest BCUT2D eigenvalue weighted by atomic mass is 9.81. The van der Waals surface area contributed by atoms with Gasteiger partial charge in [-0.05, 0) is 98.5 Å². The summed E-state index contributed by atoms with van der Waals surface area (Å²) in [7, 11) is 1.57. The van der Waals surface area contributed by atoms with E-state index in [1.165, 1.54) is 23.9 Å². The first-order valence-electron chi connectivity index (χ1n) is 12.4. The number of hydrogen-bond acceptors (Lipinski definition) is 5. The summed E-state index contributed by atoms with van der Waals surface area (Å²) >= 11 is 7.45. The van der Waals surface area contributed by atoms with E-state index in [0.29, 0.717) is 34.8 Å². The summed E-state index contributed by atoms with van der Waals surface area (Å²) < 4.78 is 34.2. The number of nitrogens with zero attached hydrogens (tertiary/aromatic N) is 2. The summed E-state index contributed by atoms with van der Waals surface area (Å²) in [5.41, 5.74) is 1.27. The van der Waals surface area contributed by atoms with Crippen LogP contribution in [0, 0.1) is 17.7 Å². The lowest BCUT2D eigenvalue weighted by Crippen LogP contribution is -2.44. The van der Waals surface area contributed by atoms with Crippen LogP contribution in [0.4, 0.5) is 8.78 Å². The lowest BCUT2D eigenvalue weighted by Gasteiger charge is -2.36. The zero-order chi connectivity index (χ0) is 26.4. The van der Waals surface area contributed by atoms with Crippen molar-refractivity contribution in [2.45, 2.75) is 36.8 Å². The molecule has 2 heterocycles. The highest BCUT2D eigenvalue weighted by molar-refractivity contribution is 7.99. The number of benzene rings is 2. The number of hydrogen-bond donors (Lipinski definition) is 1. The molecule has 3 aromatic rings. The first kappa shape index (κ1) is 27.6. The zero-order valence-electron chi connectivity index (χ0n) is 20.7. The second-order valence-electron chi connectivity index (χ2n) is 9.43. The molecule has 37 heavy (non-hydrogen) atoms. The number of methoxy groups -OCH3 is 1. The van der Waals surface area contributed by atoms with Gasteiger partial charge in [-0.1, -0.05) is 11.6 Å². The van der Waals surface area contributed by atoms with E-state index in [9.17, 15) is 14.3 Å². The van der Waals surface area contributed by atoms with Crippen LogP contribution >= 0.6 is 23.4 Å². The fraction of sp³-hybridized carbons (Fsp3) is 0.429. The third-order valence-corrected chi connectivity index (χ3v) is 8.27. The second kappa shape index (κ2) is 12.9. The number of aliphatic carboxylic acids is 1. The van der Waals surface area contributed by atoms with E-state index in [1.807, 2.05) is 6.07 Å². The molecule has 4 rings (SSSR count). The van der Waals surface area contributed by atoms with Crippen molar-refractivity contribution in [3.8, 4) is 5.75 Å². The Balaban J connectivity index is 1.29. The average molecular weight is 549 g/mol. The van der Waals surface area contributed by atoms with Crippen LogP contribution in [-0.2, 0) is 4.79 Å². The Morgan fingerprint density at radius 1 is 1.30 bits per heavy atom. The van der Waals surface area contributed by atoms with Crippen molar-refractivity contribution in [1.29, 1.82) is 0 Å². The van der Waals surface area contributed by atoms with Gasteiger partial charge in [0.1, 0.15) is 17.7 Å². The van der Waals surface area contributed by atoms with Gasteiger partial charge in [-0.3, -0.25) is 9.78 Å². The molecule has 0 bridgehead atoms. The normalized spacial score (nSPS) is 19.1. The van der Waals surface area contributed by atoms with E-state index < -0.39 is 18.1 Å². The predicted octanol–water partition coefficient (Wildman–Crippen LogP) is 7.03. The Hall–Kier alpha value is -2.42. The minimum atomic E-state index is -1.21. The lowest BCUT2D eigenvalue weighted by molar-refractivity contribution is -0.146. The van der Waals surface area contributed by atoms with Crippen LogP contribution < -0.4 is 4.74 Å². The van der Waals surface area contributed by atoms with Gasteiger partial charge in [-0.2, -0.15) is 0 Å². The van der Waals surface area contributed by atoms with Gasteiger partial charge in [0, 0.05) is 28.0 Å². The zero-order valence-corrected chi connectivity index (χ0v) is 22.3. The SMILES string of the molecule is COc1ccc2nccc([C@H](F)CC[C@@H]3CCN(CCCSc4cc(F)cc(Cl)c4)C[C@@H]3C(=O)O)c2c1. The Labute approximate surface area is 225 Å². The van der Waals surface area contributed by atoms with E-state index >= 15 is 4.39 Å². The number of aromatic nitrogens is 1. The van der Waals surface area contributed by atoms with Crippen molar-refractivity contribution in [2.75, 3.05) is 32.5 Å². The number of ether oxygens (including phenoxy) is 1. The molecule has 3 atom stereocenters. The molecule has 0 unspecified atom stereocenters. The Kier molecular flexibility index (Phi) is 9.62. The second-order valence-corrected chi connectivity index (χ2v) is 11.0. The number of halogens is 3. The van der Waals surface area contributed by atoms with Crippen molar-refractivity contribution in [2.24, 2.45) is 11.8 Å². The summed E-state index contributed by atoms with van der Waals surface area (Å²) in [4.78, 5) is 19.3. The molecular weight excluding hydrogens is 518 g/mol. The summed E-state index contributed by atoms with van der Waals surface area (Å²) in [6, 6.07) is 11.6. The predicted molar refractivity (Wildman–Crippen MR) is 144 cm³/mol. The van der Waals surface area contributed by atoms with E-state index in [0.717, 1.165) is 42.0 Å². The number of alkyl halides is 1. The molecule has 5 nitrogen and oxygen atoms in total. The van der Waals surface area contributed by atoms with Gasteiger partial charge in [-0.25, -0.2) is 8.78 Å². The van der Waals surface area contributed by atoms with Crippen LogP contribution in [0.15, 0.2) is 53.6 Å². The van der Waals surface area contributed by atoms with Crippen LogP contribution in [0.3, 0.4) is 0 Å². The Morgan fingerprint density at radius 3 is 2.89 bits per heavy atom. The number of carbonyl (C=O) groups is 1. The Morgan fingerprint density at radius 2 is 2.14 bits per heavy atom. The molecular formula is C28H31ClF2N2O3S. The number of carboxylic acid groups (broad SMARTS) is 1. The topological polar surface area (TPSA) is 62.7 Å². The number of rotatable bonds is 11. The van der Waals surface area contributed by atoms with E-state index in [-0.39, 0.29) is 18.2 Å². The van der Waals surface area contributed by atoms with Crippen molar-refractivity contribution in [3.63, 3.8) is 0 Å². The van der Waals surface area contributed by atoms with E-state index in [2.05, 4.69) is 9.88 Å². The molecule has 1 saturated heterocycles. The monoisotopic (exact) mass is 548 g/mol. The number of fused-ring (bicyclic) bond motifs is 1. The van der Waals surface area contributed by atoms with E-state index in [1.54, 1.807) is 37.6 Å². The van der Waals surface area contributed by atoms with Crippen molar-refractivity contribution < 1.29 is 23.4 Å². The first-order valence-corrected chi connectivity index (χ1v) is 13.8. The number of likely N-dealkylation sites (tertiary alicyclic amines) is 1. The summed E-state index contributed by atoms with van der Waals surface area (Å²) in [6.07, 6.45) is 2.74. The number of pyridine rings is 1. The quantitative estimate of drug-likeness (QED) is 0.205. The van der Waals surface area contributed by atoms with Gasteiger partial charge in [-0.15, -0.1) is 11.8 Å². The molecule has 0 amide bonds. The maximum atomic E-state index is 15.4. The number of piperidine rings is 1. The molecule has 0 saturated carbocycles. The first-order chi connectivity index (χ1) is 17.8. The average Bonchev–Trinajstić information content (AvgIpc) is 2.88. The highest BCUT2D eigenvalue weighted by Gasteiger charge is 2.34. The van der Waals surface area contributed by atoms with Gasteiger partial charge in [0.2, 0.25) is 0 Å². The van der Waals surface area contributed by atoms with Gasteiger partial charge < -0.3 is 14.7 Å². The van der Waals surface area contributed by atoms with Crippen LogP contribution in [0.1, 0.15) is 37.4 Å². The summed E-state index contributed by atoms with van der Waals surface area (Å²) in [6.45, 7) is 2.02. The molecule has 1 aliphatic rings. The Bertz CT molecular complexity index is 1210. The molecule has 0 aliphatic carbocycles. The molecule has 2 aromatic carbocycles. The molecule has 1 aromatic heterocycles. The number of thioether (sulfide) groups is 1. The van der Waals surface area contributed by atoms with Gasteiger partial charge in [0.25, 0.3) is 0 Å². The van der Waals surface area contributed by atoms with Crippen molar-refractivity contribution in [1.82, 2.24) is 9.88 Å². The molecule has 0 radical (unpaired) electrons. The third kappa shape index (κ3) is 7.33. The van der Waals surface area contributed by atoms with Crippen molar-refractivity contribution >= 4 is 40.2 Å². The molecule has 1 fully saturated rings. The smallest absolute Gasteiger partial charge is 0.308 e. The van der Waals surface area contributed by atoms with Crippen LogP contribution in [0.2, 0.25) is 5.02 Å². The minimum absolute atomic E-state index is 0.0709. The standard InChI is InChI=1S/C28H31ClF2N2O3S/c1-36-21-4-6-27-24(16-21)23(7-9-32-27)26(31)5-3-18-8-11-33(17-25(18)28(34)35)10-2-12-37-22-14-19(29)13-20(30)15-22/h4,6-7,9,13-16,18,25-26H,2-3,5,8,10-12,17H2,1H3,(H,34,35)/t18-,25+,26-/m1/s1. The highest BCUT2D eigenvalue weighted by Crippen LogP contribution is 2.35. The minimum Gasteiger partial charge on any atom is -0.497 e. The van der Waals surface area contributed by atoms with E-state index in [4.69, 9.17) is 16.3 Å². The van der Waals surface area contributed by atoms with Crippen LogP contribution in [-0.4, -0.2) is 53.5 Å². The molecule has 198 valence electrons. The third-order valence-electron chi connectivity index (χ3n) is 6.99. The fourth-order valence-electron chi connectivity index (χ4n) is 5.05. The molecule has 0 spiro atoms. The summed E-state index contributed by atoms with van der Waals surface area (Å²) in [5, 5.41) is 11.0. The fourth-order valence-corrected chi connectivity index (χ4v) is 6.25. The van der Waals surface area contributed by atoms with Gasteiger partial charge in [0.05, 0.1) is 18.5 Å². The van der Waals surface area contributed by atoms with Crippen LogP contribution in [0.5, 0.6) is 5.75 Å². The van der Waals surface area contributed by atoms with Crippen molar-refractivity contribution in [3.05, 3.63) is 65.1 Å². The summed E-state index contributed by atoms with van der Waals surface area (Å²) in [5.74, 6) is -0.346. The number of carboxylic acids is 1. The van der Waals surface area contributed by atoms with Gasteiger partial charge in [0.15, 0.2) is 0 Å². The van der Waals surface area contributed by atoms with Crippen LogP contribution in [0.25, 0.3) is 10.9 Å². The maximum Gasteiger partial charge on any atom is 0.308 e. The molecule has 1 N–H and O–H groups in total. The molecule has 1 aliphatic heterocycles. The molecule has 9 heteroatoms. The largest absolute Gasteiger partial charge is 0.497 e. The maximum absolute atomic E-state index is 15.4.